The van der Waals surface area contributed by atoms with Crippen LogP contribution in [0.5, 0.6) is 5.75 Å². The molecule has 6 heteroatoms. The van der Waals surface area contributed by atoms with Crippen LogP contribution in [0.1, 0.15) is 26.3 Å². The second-order valence-corrected chi connectivity index (χ2v) is 10.1. The number of amides is 2. The minimum atomic E-state index is 0.0558. The molecule has 2 fully saturated rings. The molecule has 38 heavy (non-hydrogen) atoms. The number of nitrogens with zero attached hydrogens (tertiary/aromatic N) is 3. The van der Waals surface area contributed by atoms with E-state index in [1.165, 1.54) is 10.8 Å². The third-order valence-corrected chi connectivity index (χ3v) is 7.61. The Balaban J connectivity index is 0.964. The van der Waals surface area contributed by atoms with Gasteiger partial charge in [-0.05, 0) is 58.8 Å². The summed E-state index contributed by atoms with van der Waals surface area (Å²) < 4.78 is 5.97. The van der Waals surface area contributed by atoms with Crippen molar-refractivity contribution in [2.45, 2.75) is 12.6 Å². The van der Waals surface area contributed by atoms with Crippen LogP contribution >= 0.6 is 0 Å². The summed E-state index contributed by atoms with van der Waals surface area (Å²) in [6.45, 7) is 5.06. The molecule has 2 heterocycles. The summed E-state index contributed by atoms with van der Waals surface area (Å²) in [5, 5.41) is 2.41. The van der Waals surface area contributed by atoms with Crippen LogP contribution < -0.4 is 4.74 Å². The lowest BCUT2D eigenvalue weighted by atomic mass is 10.0. The molecule has 0 unspecified atom stereocenters. The smallest absolute Gasteiger partial charge is 0.253 e. The van der Waals surface area contributed by atoms with E-state index in [1.807, 2.05) is 76.5 Å². The van der Waals surface area contributed by atoms with Crippen LogP contribution in [0.15, 0.2) is 97.1 Å². The Hall–Kier alpha value is -4.16. The van der Waals surface area contributed by atoms with Crippen LogP contribution in [0, 0.1) is 0 Å². The first-order valence-corrected chi connectivity index (χ1v) is 13.2. The van der Waals surface area contributed by atoms with E-state index in [9.17, 15) is 9.59 Å². The third kappa shape index (κ3) is 5.13. The van der Waals surface area contributed by atoms with Gasteiger partial charge in [-0.25, -0.2) is 0 Å². The fourth-order valence-corrected chi connectivity index (χ4v) is 5.28. The number of likely N-dealkylation sites (tertiary alicyclic amines) is 1. The molecule has 192 valence electrons. The highest BCUT2D eigenvalue weighted by Crippen LogP contribution is 2.23. The third-order valence-electron chi connectivity index (χ3n) is 7.61. The zero-order chi connectivity index (χ0) is 25.9. The van der Waals surface area contributed by atoms with Gasteiger partial charge < -0.3 is 14.5 Å². The number of fused-ring (bicyclic) bond motifs is 1. The molecular weight excluding hydrogens is 474 g/mol. The SMILES string of the molecule is O=C(c1ccccc1)N1CCN(C2CN(C(=O)c3ccc(OCc4ccc5ccccc5c4)cc3)C2)CC1. The van der Waals surface area contributed by atoms with Gasteiger partial charge >= 0.3 is 0 Å². The summed E-state index contributed by atoms with van der Waals surface area (Å²) in [4.78, 5) is 31.9. The van der Waals surface area contributed by atoms with Gasteiger partial charge in [0.2, 0.25) is 0 Å². The second-order valence-electron chi connectivity index (χ2n) is 10.1. The van der Waals surface area contributed by atoms with E-state index in [0.29, 0.717) is 18.2 Å². The number of rotatable bonds is 6. The molecule has 6 rings (SSSR count). The Bertz CT molecular complexity index is 1420. The van der Waals surface area contributed by atoms with Gasteiger partial charge in [0.1, 0.15) is 12.4 Å². The number of benzene rings is 4. The van der Waals surface area contributed by atoms with Crippen LogP contribution in [0.3, 0.4) is 0 Å². The van der Waals surface area contributed by atoms with Gasteiger partial charge in [-0.15, -0.1) is 0 Å². The number of carbonyl (C=O) groups is 2. The summed E-state index contributed by atoms with van der Waals surface area (Å²) in [6.07, 6.45) is 0. The van der Waals surface area contributed by atoms with Crippen molar-refractivity contribution in [1.82, 2.24) is 14.7 Å². The highest BCUT2D eigenvalue weighted by atomic mass is 16.5. The van der Waals surface area contributed by atoms with Crippen molar-refractivity contribution in [3.8, 4) is 5.75 Å². The Labute approximate surface area is 223 Å². The molecular formula is C32H31N3O3. The topological polar surface area (TPSA) is 53.1 Å². The Morgan fingerprint density at radius 2 is 1.29 bits per heavy atom. The first kappa shape index (κ1) is 24.2. The average Bonchev–Trinajstić information content (AvgIpc) is 2.96. The van der Waals surface area contributed by atoms with Crippen molar-refractivity contribution < 1.29 is 14.3 Å². The summed E-state index contributed by atoms with van der Waals surface area (Å²) in [6, 6.07) is 31.9. The molecule has 2 amide bonds. The Morgan fingerprint density at radius 1 is 0.658 bits per heavy atom. The standard InChI is InChI=1S/C32H31N3O3/c36-31(26-7-2-1-3-8-26)34-18-16-33(17-19-34)29-21-35(22-29)32(37)27-12-14-30(15-13-27)38-23-24-10-11-25-6-4-5-9-28(25)20-24/h1-15,20,29H,16-19,21-23H2. The fourth-order valence-electron chi connectivity index (χ4n) is 5.28. The minimum Gasteiger partial charge on any atom is -0.489 e. The molecule has 6 nitrogen and oxygen atoms in total. The van der Waals surface area contributed by atoms with Gasteiger partial charge in [-0.2, -0.15) is 0 Å². The zero-order valence-electron chi connectivity index (χ0n) is 21.3. The van der Waals surface area contributed by atoms with Crippen molar-refractivity contribution >= 4 is 22.6 Å². The van der Waals surface area contributed by atoms with E-state index in [4.69, 9.17) is 4.74 Å². The van der Waals surface area contributed by atoms with Gasteiger partial charge in [0.05, 0.1) is 0 Å². The van der Waals surface area contributed by atoms with Crippen LogP contribution in [-0.2, 0) is 6.61 Å². The van der Waals surface area contributed by atoms with Crippen molar-refractivity contribution in [1.29, 1.82) is 0 Å². The maximum absolute atomic E-state index is 13.0. The fraction of sp³-hybridized carbons (Fsp3) is 0.250. The van der Waals surface area contributed by atoms with Gasteiger partial charge in [0.25, 0.3) is 11.8 Å². The second kappa shape index (κ2) is 10.7. The van der Waals surface area contributed by atoms with E-state index in [0.717, 1.165) is 56.1 Å². The highest BCUT2D eigenvalue weighted by molar-refractivity contribution is 5.95. The molecule has 4 aromatic rings. The molecule has 2 aliphatic heterocycles. The monoisotopic (exact) mass is 505 g/mol. The normalized spacial score (nSPS) is 16.3. The number of piperazine rings is 1. The molecule has 2 aliphatic rings. The summed E-state index contributed by atoms with van der Waals surface area (Å²) in [7, 11) is 0. The predicted octanol–water partition coefficient (Wildman–Crippen LogP) is 4.70. The van der Waals surface area contributed by atoms with E-state index in [-0.39, 0.29) is 11.8 Å². The number of hydrogen-bond donors (Lipinski definition) is 0. The molecule has 0 spiro atoms. The lowest BCUT2D eigenvalue weighted by Crippen LogP contribution is -2.64. The van der Waals surface area contributed by atoms with Crippen LogP contribution in [0.25, 0.3) is 10.8 Å². The minimum absolute atomic E-state index is 0.0558. The van der Waals surface area contributed by atoms with Crippen molar-refractivity contribution in [2.24, 2.45) is 0 Å². The maximum atomic E-state index is 13.0. The maximum Gasteiger partial charge on any atom is 0.253 e. The Morgan fingerprint density at radius 3 is 2.03 bits per heavy atom. The van der Waals surface area contributed by atoms with Crippen LogP contribution in [0.4, 0.5) is 0 Å². The first-order valence-electron chi connectivity index (χ1n) is 13.2. The molecule has 4 aromatic carbocycles. The lowest BCUT2D eigenvalue weighted by Gasteiger charge is -2.48. The molecule has 2 saturated heterocycles. The van der Waals surface area contributed by atoms with Gasteiger partial charge in [-0.3, -0.25) is 14.5 Å². The van der Waals surface area contributed by atoms with E-state index >= 15 is 0 Å². The molecule has 0 atom stereocenters. The predicted molar refractivity (Wildman–Crippen MR) is 148 cm³/mol. The largest absolute Gasteiger partial charge is 0.489 e. The molecule has 0 saturated carbocycles. The zero-order valence-corrected chi connectivity index (χ0v) is 21.3. The van der Waals surface area contributed by atoms with E-state index in [1.54, 1.807) is 0 Å². The van der Waals surface area contributed by atoms with E-state index in [2.05, 4.69) is 35.2 Å². The molecule has 0 radical (unpaired) electrons. The molecule has 0 bridgehead atoms. The van der Waals surface area contributed by atoms with Crippen LogP contribution in [0.2, 0.25) is 0 Å². The van der Waals surface area contributed by atoms with Gasteiger partial charge in [0.15, 0.2) is 0 Å². The average molecular weight is 506 g/mol. The molecule has 0 aliphatic carbocycles. The summed E-state index contributed by atoms with van der Waals surface area (Å²) >= 11 is 0. The quantitative estimate of drug-likeness (QED) is 0.381. The lowest BCUT2D eigenvalue weighted by molar-refractivity contribution is 0.00853. The van der Waals surface area contributed by atoms with Crippen molar-refractivity contribution in [3.63, 3.8) is 0 Å². The molecule has 0 N–H and O–H groups in total. The van der Waals surface area contributed by atoms with E-state index < -0.39 is 0 Å². The van der Waals surface area contributed by atoms with Gasteiger partial charge in [0, 0.05) is 56.4 Å². The Kier molecular flexibility index (Phi) is 6.80. The number of ether oxygens (including phenoxy) is 1. The number of hydrogen-bond acceptors (Lipinski definition) is 4. The summed E-state index contributed by atoms with van der Waals surface area (Å²) in [5.41, 5.74) is 2.53. The first-order chi connectivity index (χ1) is 18.6. The van der Waals surface area contributed by atoms with Crippen molar-refractivity contribution in [3.05, 3.63) is 114 Å². The molecule has 0 aromatic heterocycles. The van der Waals surface area contributed by atoms with Crippen LogP contribution in [-0.4, -0.2) is 71.8 Å². The number of carbonyl (C=O) groups excluding carboxylic acids is 2. The van der Waals surface area contributed by atoms with Crippen molar-refractivity contribution in [2.75, 3.05) is 39.3 Å². The van der Waals surface area contributed by atoms with Gasteiger partial charge in [-0.1, -0.05) is 54.6 Å². The summed E-state index contributed by atoms with van der Waals surface area (Å²) in [5.74, 6) is 0.902. The highest BCUT2D eigenvalue weighted by Gasteiger charge is 2.37.